The fourth-order valence-corrected chi connectivity index (χ4v) is 5.85. The van der Waals surface area contributed by atoms with Gasteiger partial charge in [0.25, 0.3) is 5.91 Å². The molecule has 1 aromatic carbocycles. The molecule has 1 heterocycles. The smallest absolute Gasteiger partial charge is 0.376 e. The number of alkyl halides is 3. The first kappa shape index (κ1) is 26.7. The van der Waals surface area contributed by atoms with Crippen molar-refractivity contribution in [3.05, 3.63) is 46.0 Å². The molecule has 1 saturated heterocycles. The number of hydrogen-bond donors (Lipinski definition) is 2. The molecule has 1 amide bonds. The van der Waals surface area contributed by atoms with Crippen molar-refractivity contribution in [1.82, 2.24) is 5.32 Å². The van der Waals surface area contributed by atoms with Gasteiger partial charge in [0.2, 0.25) is 0 Å². The van der Waals surface area contributed by atoms with Crippen LogP contribution in [0.1, 0.15) is 70.6 Å². The molecule has 3 nitrogen and oxygen atoms in total. The normalized spacial score (nSPS) is 19.6. The minimum atomic E-state index is -4.29. The Labute approximate surface area is 206 Å². The van der Waals surface area contributed by atoms with E-state index in [1.807, 2.05) is 37.8 Å². The minimum absolute atomic E-state index is 0.0572. The molecule has 0 radical (unpaired) electrons. The molecular formula is C27H37F3N2OS. The van der Waals surface area contributed by atoms with Crippen LogP contribution in [0.5, 0.6) is 0 Å². The third-order valence-corrected chi connectivity index (χ3v) is 7.88. The number of carbonyl (C=O) groups excluding carboxylic acids is 1. The average molecular weight is 495 g/mol. The van der Waals surface area contributed by atoms with Gasteiger partial charge in [-0.2, -0.15) is 24.9 Å². The lowest BCUT2D eigenvalue weighted by Gasteiger charge is -2.28. The molecule has 0 saturated carbocycles. The Kier molecular flexibility index (Phi) is 8.48. The number of amides is 1. The molecule has 3 rings (SSSR count). The van der Waals surface area contributed by atoms with E-state index in [9.17, 15) is 18.0 Å². The van der Waals surface area contributed by atoms with Gasteiger partial charge in [-0.3, -0.25) is 4.79 Å². The standard InChI is InChI=1S/C27H37F3N2OS/c1-17-8-9-21-22(12-20(32-16-27(28,29)30)13-24(21)26(3,4)5)18(2)11-23(17)25(33)31-14-19-7-6-10-34-15-19/h11-13,19,32H,6-10,14-16H2,1-5H3,(H,31,33)/t19-/m1/s1. The zero-order valence-electron chi connectivity index (χ0n) is 20.9. The fourth-order valence-electron chi connectivity index (χ4n) is 4.69. The number of carbonyl (C=O) groups is 1. The highest BCUT2D eigenvalue weighted by Crippen LogP contribution is 2.37. The van der Waals surface area contributed by atoms with Crippen molar-refractivity contribution < 1.29 is 18.0 Å². The first-order valence-electron chi connectivity index (χ1n) is 12.1. The Bertz CT molecular complexity index is 967. The second-order valence-electron chi connectivity index (χ2n) is 10.6. The van der Waals surface area contributed by atoms with Crippen molar-refractivity contribution >= 4 is 28.9 Å². The topological polar surface area (TPSA) is 41.1 Å². The van der Waals surface area contributed by atoms with Gasteiger partial charge in [0.05, 0.1) is 0 Å². The van der Waals surface area contributed by atoms with Gasteiger partial charge in [-0.15, -0.1) is 0 Å². The van der Waals surface area contributed by atoms with E-state index < -0.39 is 12.7 Å². The monoisotopic (exact) mass is 494 g/mol. The SMILES string of the molecule is CC1=CC(C(=O)NC[C@H]2CCCSC2)=C(C)CCc2c1cc(NCC(F)(F)F)cc2C(C)(C)C. The van der Waals surface area contributed by atoms with Crippen molar-refractivity contribution in [1.29, 1.82) is 0 Å². The van der Waals surface area contributed by atoms with Crippen molar-refractivity contribution in [2.24, 2.45) is 5.92 Å². The van der Waals surface area contributed by atoms with E-state index in [1.54, 1.807) is 6.07 Å². The highest BCUT2D eigenvalue weighted by Gasteiger charge is 2.28. The summed E-state index contributed by atoms with van der Waals surface area (Å²) in [4.78, 5) is 13.1. The predicted molar refractivity (Wildman–Crippen MR) is 137 cm³/mol. The first-order chi connectivity index (χ1) is 15.8. The van der Waals surface area contributed by atoms with Crippen LogP contribution in [0.15, 0.2) is 29.4 Å². The molecule has 0 spiro atoms. The van der Waals surface area contributed by atoms with Crippen molar-refractivity contribution in [3.63, 3.8) is 0 Å². The predicted octanol–water partition coefficient (Wildman–Crippen LogP) is 6.88. The Hall–Kier alpha value is -1.89. The van der Waals surface area contributed by atoms with Crippen molar-refractivity contribution in [3.8, 4) is 0 Å². The molecule has 1 atom stereocenters. The summed E-state index contributed by atoms with van der Waals surface area (Å²) in [7, 11) is 0. The maximum absolute atomic E-state index is 13.1. The van der Waals surface area contributed by atoms with Gasteiger partial charge in [0, 0.05) is 17.8 Å². The van der Waals surface area contributed by atoms with Crippen LogP contribution in [0.25, 0.3) is 5.57 Å². The number of anilines is 1. The zero-order valence-corrected chi connectivity index (χ0v) is 21.7. The highest BCUT2D eigenvalue weighted by atomic mass is 32.2. The number of thioether (sulfide) groups is 1. The molecule has 0 aromatic heterocycles. The quantitative estimate of drug-likeness (QED) is 0.469. The van der Waals surface area contributed by atoms with Crippen molar-refractivity contribution in [2.45, 2.75) is 71.9 Å². The summed E-state index contributed by atoms with van der Waals surface area (Å²) in [5.74, 6) is 2.74. The first-order valence-corrected chi connectivity index (χ1v) is 13.2. The molecule has 2 N–H and O–H groups in total. The molecule has 188 valence electrons. The number of benzene rings is 1. The van der Waals surface area contributed by atoms with Gasteiger partial charge in [-0.1, -0.05) is 26.3 Å². The molecule has 1 fully saturated rings. The van der Waals surface area contributed by atoms with Crippen LogP contribution in [-0.2, 0) is 16.6 Å². The Morgan fingerprint density at radius 1 is 1.15 bits per heavy atom. The van der Waals surface area contributed by atoms with E-state index in [1.165, 1.54) is 12.2 Å². The molecule has 7 heteroatoms. The molecule has 1 aliphatic carbocycles. The molecule has 1 aliphatic heterocycles. The zero-order chi connectivity index (χ0) is 25.1. The highest BCUT2D eigenvalue weighted by molar-refractivity contribution is 7.99. The summed E-state index contributed by atoms with van der Waals surface area (Å²) in [6.45, 7) is 9.81. The molecule has 1 aromatic rings. The molecule has 34 heavy (non-hydrogen) atoms. The number of fused-ring (bicyclic) bond motifs is 1. The third kappa shape index (κ3) is 7.06. The summed E-state index contributed by atoms with van der Waals surface area (Å²) in [5, 5.41) is 5.69. The van der Waals surface area contributed by atoms with Gasteiger partial charge in [0.1, 0.15) is 6.54 Å². The Morgan fingerprint density at radius 3 is 2.50 bits per heavy atom. The fraction of sp³-hybridized carbons (Fsp3) is 0.593. The van der Waals surface area contributed by atoms with Crippen LogP contribution < -0.4 is 10.6 Å². The van der Waals surface area contributed by atoms with Crippen LogP contribution in [0, 0.1) is 5.92 Å². The largest absolute Gasteiger partial charge is 0.405 e. The van der Waals surface area contributed by atoms with Gasteiger partial charge in [-0.05, 0) is 103 Å². The van der Waals surface area contributed by atoms with E-state index in [0.29, 0.717) is 23.7 Å². The lowest BCUT2D eigenvalue weighted by atomic mass is 9.78. The Balaban J connectivity index is 1.92. The molecule has 0 bridgehead atoms. The minimum Gasteiger partial charge on any atom is -0.376 e. The maximum atomic E-state index is 13.1. The van der Waals surface area contributed by atoms with Gasteiger partial charge < -0.3 is 10.6 Å². The summed E-state index contributed by atoms with van der Waals surface area (Å²) in [6.07, 6.45) is 1.45. The van der Waals surface area contributed by atoms with Gasteiger partial charge in [0.15, 0.2) is 0 Å². The number of nitrogens with one attached hydrogen (secondary N) is 2. The van der Waals surface area contributed by atoms with Crippen LogP contribution in [-0.4, -0.2) is 36.7 Å². The lowest BCUT2D eigenvalue weighted by molar-refractivity contribution is -0.117. The summed E-state index contributed by atoms with van der Waals surface area (Å²) in [5.41, 5.74) is 5.95. The number of allylic oxidation sites excluding steroid dienone is 2. The summed E-state index contributed by atoms with van der Waals surface area (Å²) >= 11 is 1.95. The molecular weight excluding hydrogens is 457 g/mol. The molecule has 2 aliphatic rings. The van der Waals surface area contributed by atoms with Crippen LogP contribution in [0.4, 0.5) is 18.9 Å². The van der Waals surface area contributed by atoms with Gasteiger partial charge >= 0.3 is 6.18 Å². The van der Waals surface area contributed by atoms with Crippen LogP contribution in [0.2, 0.25) is 0 Å². The van der Waals surface area contributed by atoms with Crippen molar-refractivity contribution in [2.75, 3.05) is 29.9 Å². The number of halogens is 3. The number of rotatable bonds is 5. The van der Waals surface area contributed by atoms with Crippen LogP contribution in [0.3, 0.4) is 0 Å². The summed E-state index contributed by atoms with van der Waals surface area (Å²) in [6, 6.07) is 3.66. The lowest BCUT2D eigenvalue weighted by Crippen LogP contribution is -2.32. The summed E-state index contributed by atoms with van der Waals surface area (Å²) < 4.78 is 38.6. The van der Waals surface area contributed by atoms with E-state index in [0.717, 1.165) is 52.9 Å². The number of hydrogen-bond acceptors (Lipinski definition) is 3. The van der Waals surface area contributed by atoms with Gasteiger partial charge in [-0.25, -0.2) is 0 Å². The second kappa shape index (κ2) is 10.8. The maximum Gasteiger partial charge on any atom is 0.405 e. The Morgan fingerprint density at radius 2 is 1.88 bits per heavy atom. The van der Waals surface area contributed by atoms with E-state index in [-0.39, 0.29) is 11.3 Å². The third-order valence-electron chi connectivity index (χ3n) is 6.60. The van der Waals surface area contributed by atoms with Crippen LogP contribution >= 0.6 is 11.8 Å². The second-order valence-corrected chi connectivity index (χ2v) is 11.7. The van der Waals surface area contributed by atoms with E-state index in [4.69, 9.17) is 0 Å². The van der Waals surface area contributed by atoms with E-state index >= 15 is 0 Å². The average Bonchev–Trinajstić information content (AvgIpc) is 2.76. The molecule has 0 unspecified atom stereocenters. The van der Waals surface area contributed by atoms with E-state index in [2.05, 4.69) is 31.4 Å².